The fourth-order valence-electron chi connectivity index (χ4n) is 2.83. The average molecular weight is 265 g/mol. The zero-order chi connectivity index (χ0) is 13.9. The molecule has 1 aliphatic rings. The Hall–Kier alpha value is -1.25. The van der Waals surface area contributed by atoms with Gasteiger partial charge in [0.2, 0.25) is 0 Å². The van der Waals surface area contributed by atoms with Gasteiger partial charge in [-0.2, -0.15) is 0 Å². The Labute approximate surface area is 115 Å². The maximum absolute atomic E-state index is 13.8. The molecular formula is C16H24FNO. The van der Waals surface area contributed by atoms with Gasteiger partial charge in [-0.25, -0.2) is 4.39 Å². The van der Waals surface area contributed by atoms with E-state index in [0.717, 1.165) is 12.1 Å². The van der Waals surface area contributed by atoms with Gasteiger partial charge in [0.1, 0.15) is 0 Å². The molecule has 0 saturated heterocycles. The molecule has 1 N–H and O–H groups in total. The van der Waals surface area contributed by atoms with Gasteiger partial charge >= 0.3 is 0 Å². The molecule has 1 saturated carbocycles. The molecule has 3 heteroatoms. The number of halogens is 1. The zero-order valence-corrected chi connectivity index (χ0v) is 12.1. The summed E-state index contributed by atoms with van der Waals surface area (Å²) in [4.78, 5) is 0. The molecule has 1 unspecified atom stereocenters. The first-order valence-corrected chi connectivity index (χ1v) is 7.22. The van der Waals surface area contributed by atoms with Gasteiger partial charge in [0, 0.05) is 17.8 Å². The Morgan fingerprint density at radius 3 is 2.79 bits per heavy atom. The Morgan fingerprint density at radius 2 is 2.16 bits per heavy atom. The molecule has 0 radical (unpaired) electrons. The summed E-state index contributed by atoms with van der Waals surface area (Å²) >= 11 is 0. The fourth-order valence-corrected chi connectivity index (χ4v) is 2.83. The SMILES string of the molecule is CCOc1ccc(NC2CCCCC2(C)C)cc1F. The number of ether oxygens (including phenoxy) is 1. The molecule has 1 aromatic carbocycles. The largest absolute Gasteiger partial charge is 0.491 e. The van der Waals surface area contributed by atoms with Crippen molar-refractivity contribution in [3.05, 3.63) is 24.0 Å². The Bertz CT molecular complexity index is 431. The second kappa shape index (κ2) is 5.81. The molecule has 1 fully saturated rings. The molecule has 1 atom stereocenters. The molecule has 0 bridgehead atoms. The summed E-state index contributed by atoms with van der Waals surface area (Å²) in [5, 5.41) is 3.49. The fraction of sp³-hybridized carbons (Fsp3) is 0.625. The minimum absolute atomic E-state index is 0.271. The summed E-state index contributed by atoms with van der Waals surface area (Å²) < 4.78 is 19.0. The third-order valence-corrected chi connectivity index (χ3v) is 4.08. The van der Waals surface area contributed by atoms with Crippen LogP contribution >= 0.6 is 0 Å². The van der Waals surface area contributed by atoms with Gasteiger partial charge < -0.3 is 10.1 Å². The van der Waals surface area contributed by atoms with Gasteiger partial charge in [0.25, 0.3) is 0 Å². The predicted octanol–water partition coefficient (Wildman–Crippen LogP) is 4.61. The second-order valence-corrected chi connectivity index (χ2v) is 6.01. The Morgan fingerprint density at radius 1 is 1.37 bits per heavy atom. The Kier molecular flexibility index (Phi) is 4.33. The topological polar surface area (TPSA) is 21.3 Å². The van der Waals surface area contributed by atoms with Crippen LogP contribution in [-0.4, -0.2) is 12.6 Å². The van der Waals surface area contributed by atoms with Crippen molar-refractivity contribution in [3.8, 4) is 5.75 Å². The van der Waals surface area contributed by atoms with Crippen molar-refractivity contribution >= 4 is 5.69 Å². The maximum atomic E-state index is 13.8. The number of benzene rings is 1. The van der Waals surface area contributed by atoms with Crippen LogP contribution in [0.2, 0.25) is 0 Å². The zero-order valence-electron chi connectivity index (χ0n) is 12.1. The number of hydrogen-bond acceptors (Lipinski definition) is 2. The van der Waals surface area contributed by atoms with Crippen molar-refractivity contribution in [3.63, 3.8) is 0 Å². The number of hydrogen-bond donors (Lipinski definition) is 1. The highest BCUT2D eigenvalue weighted by atomic mass is 19.1. The van der Waals surface area contributed by atoms with Crippen molar-refractivity contribution in [1.29, 1.82) is 0 Å². The van der Waals surface area contributed by atoms with Gasteiger partial charge in [0.15, 0.2) is 11.6 Å². The van der Waals surface area contributed by atoms with Gasteiger partial charge in [-0.15, -0.1) is 0 Å². The van der Waals surface area contributed by atoms with Crippen LogP contribution in [0.25, 0.3) is 0 Å². The first-order chi connectivity index (χ1) is 9.03. The lowest BCUT2D eigenvalue weighted by molar-refractivity contribution is 0.217. The highest BCUT2D eigenvalue weighted by molar-refractivity contribution is 5.48. The van der Waals surface area contributed by atoms with Crippen LogP contribution in [0.1, 0.15) is 46.5 Å². The summed E-state index contributed by atoms with van der Waals surface area (Å²) in [5.41, 5.74) is 1.12. The minimum Gasteiger partial charge on any atom is -0.491 e. The van der Waals surface area contributed by atoms with E-state index >= 15 is 0 Å². The van der Waals surface area contributed by atoms with E-state index in [1.165, 1.54) is 25.3 Å². The lowest BCUT2D eigenvalue weighted by Gasteiger charge is -2.39. The molecule has 2 nitrogen and oxygen atoms in total. The second-order valence-electron chi connectivity index (χ2n) is 6.01. The molecule has 0 aromatic heterocycles. The summed E-state index contributed by atoms with van der Waals surface area (Å²) in [7, 11) is 0. The molecule has 106 valence electrons. The van der Waals surface area contributed by atoms with Crippen LogP contribution < -0.4 is 10.1 Å². The standard InChI is InChI=1S/C16H24FNO/c1-4-19-14-9-8-12(11-13(14)17)18-15-7-5-6-10-16(15,2)3/h8-9,11,15,18H,4-7,10H2,1-3H3. The third-order valence-electron chi connectivity index (χ3n) is 4.08. The number of nitrogens with one attached hydrogen (secondary N) is 1. The lowest BCUT2D eigenvalue weighted by atomic mass is 9.73. The molecule has 0 aliphatic heterocycles. The van der Waals surface area contributed by atoms with Crippen LogP contribution in [0.3, 0.4) is 0 Å². The summed E-state index contributed by atoms with van der Waals surface area (Å²) in [6, 6.07) is 5.56. The van der Waals surface area contributed by atoms with Gasteiger partial charge in [0.05, 0.1) is 6.61 Å². The highest BCUT2D eigenvalue weighted by Crippen LogP contribution is 2.37. The summed E-state index contributed by atoms with van der Waals surface area (Å²) in [6.07, 6.45) is 4.93. The highest BCUT2D eigenvalue weighted by Gasteiger charge is 2.32. The van der Waals surface area contributed by atoms with E-state index in [9.17, 15) is 4.39 Å². The van der Waals surface area contributed by atoms with E-state index in [1.807, 2.05) is 13.0 Å². The normalized spacial score (nSPS) is 22.0. The molecule has 0 amide bonds. The first kappa shape index (κ1) is 14.2. The van der Waals surface area contributed by atoms with E-state index in [2.05, 4.69) is 19.2 Å². The molecule has 1 aliphatic carbocycles. The minimum atomic E-state index is -0.291. The van der Waals surface area contributed by atoms with Crippen molar-refractivity contribution in [2.24, 2.45) is 5.41 Å². The Balaban J connectivity index is 2.08. The van der Waals surface area contributed by atoms with E-state index in [1.54, 1.807) is 6.07 Å². The number of rotatable bonds is 4. The molecule has 1 aromatic rings. The van der Waals surface area contributed by atoms with Crippen molar-refractivity contribution in [1.82, 2.24) is 0 Å². The quantitative estimate of drug-likeness (QED) is 0.858. The van der Waals surface area contributed by atoms with Crippen LogP contribution in [0, 0.1) is 11.2 Å². The summed E-state index contributed by atoms with van der Waals surface area (Å²) in [6.45, 7) is 6.92. The van der Waals surface area contributed by atoms with E-state index in [4.69, 9.17) is 4.74 Å². The molecule has 2 rings (SSSR count). The average Bonchev–Trinajstić information content (AvgIpc) is 2.35. The number of anilines is 1. The van der Waals surface area contributed by atoms with Crippen LogP contribution in [0.5, 0.6) is 5.75 Å². The summed E-state index contributed by atoms with van der Waals surface area (Å²) in [5.74, 6) is 0.0384. The van der Waals surface area contributed by atoms with E-state index < -0.39 is 0 Å². The van der Waals surface area contributed by atoms with Crippen LogP contribution in [-0.2, 0) is 0 Å². The van der Waals surface area contributed by atoms with Crippen LogP contribution in [0.4, 0.5) is 10.1 Å². The molecule has 19 heavy (non-hydrogen) atoms. The van der Waals surface area contributed by atoms with E-state index in [-0.39, 0.29) is 11.2 Å². The van der Waals surface area contributed by atoms with Gasteiger partial charge in [-0.1, -0.05) is 26.7 Å². The first-order valence-electron chi connectivity index (χ1n) is 7.22. The van der Waals surface area contributed by atoms with Gasteiger partial charge in [-0.3, -0.25) is 0 Å². The molecular weight excluding hydrogens is 241 g/mol. The third kappa shape index (κ3) is 3.40. The van der Waals surface area contributed by atoms with Gasteiger partial charge in [-0.05, 0) is 37.3 Å². The molecule has 0 heterocycles. The van der Waals surface area contributed by atoms with Crippen molar-refractivity contribution < 1.29 is 9.13 Å². The predicted molar refractivity (Wildman–Crippen MR) is 77.2 cm³/mol. The lowest BCUT2D eigenvalue weighted by Crippen LogP contribution is -2.38. The maximum Gasteiger partial charge on any atom is 0.167 e. The van der Waals surface area contributed by atoms with E-state index in [0.29, 0.717) is 18.4 Å². The smallest absolute Gasteiger partial charge is 0.167 e. The van der Waals surface area contributed by atoms with Crippen molar-refractivity contribution in [2.45, 2.75) is 52.5 Å². The van der Waals surface area contributed by atoms with Crippen LogP contribution in [0.15, 0.2) is 18.2 Å². The van der Waals surface area contributed by atoms with Crippen molar-refractivity contribution in [2.75, 3.05) is 11.9 Å². The molecule has 0 spiro atoms. The monoisotopic (exact) mass is 265 g/mol.